The summed E-state index contributed by atoms with van der Waals surface area (Å²) in [6.45, 7) is 13.0. The van der Waals surface area contributed by atoms with Crippen LogP contribution in [0.2, 0.25) is 0 Å². The van der Waals surface area contributed by atoms with E-state index in [0.29, 0.717) is 5.92 Å². The van der Waals surface area contributed by atoms with E-state index in [0.717, 1.165) is 18.9 Å². The highest BCUT2D eigenvalue weighted by molar-refractivity contribution is 5.46. The number of pyridine rings is 1. The lowest BCUT2D eigenvalue weighted by Crippen LogP contribution is -2.36. The average Bonchev–Trinajstić information content (AvgIpc) is 2.35. The zero-order valence-corrected chi connectivity index (χ0v) is 13.3. The van der Waals surface area contributed by atoms with Crippen LogP contribution in [-0.2, 0) is 6.54 Å². The molecule has 0 bridgehead atoms. The third-order valence-corrected chi connectivity index (χ3v) is 3.32. The molecule has 19 heavy (non-hydrogen) atoms. The molecule has 1 atom stereocenters. The molecule has 1 aromatic rings. The molecule has 0 aliphatic carbocycles. The van der Waals surface area contributed by atoms with Gasteiger partial charge in [-0.25, -0.2) is 4.98 Å². The van der Waals surface area contributed by atoms with Gasteiger partial charge in [-0.3, -0.25) is 0 Å². The summed E-state index contributed by atoms with van der Waals surface area (Å²) in [5.74, 6) is 1.79. The second-order valence-electron chi connectivity index (χ2n) is 6.48. The lowest BCUT2D eigenvalue weighted by atomic mass is 10.1. The minimum absolute atomic E-state index is 0.127. The number of hydrogen-bond acceptors (Lipinski definition) is 3. The molecule has 1 heterocycles. The average molecular weight is 263 g/mol. The van der Waals surface area contributed by atoms with E-state index in [1.165, 1.54) is 12.0 Å². The van der Waals surface area contributed by atoms with Gasteiger partial charge in [-0.1, -0.05) is 26.3 Å². The van der Waals surface area contributed by atoms with Gasteiger partial charge in [-0.05, 0) is 32.8 Å². The Morgan fingerprint density at radius 1 is 1.37 bits per heavy atom. The third kappa shape index (κ3) is 5.60. The van der Waals surface area contributed by atoms with Crippen molar-refractivity contribution < 1.29 is 0 Å². The van der Waals surface area contributed by atoms with E-state index in [4.69, 9.17) is 0 Å². The standard InChI is InChI=1S/C16H29N3/c1-7-13(2)12-19(6)15-14(9-8-10-17-15)11-18-16(3,4)5/h8-10,13,18H,7,11-12H2,1-6H3. The molecule has 0 fully saturated rings. The van der Waals surface area contributed by atoms with E-state index in [1.54, 1.807) is 0 Å². The molecule has 0 radical (unpaired) electrons. The van der Waals surface area contributed by atoms with E-state index >= 15 is 0 Å². The molecule has 0 aliphatic rings. The third-order valence-electron chi connectivity index (χ3n) is 3.32. The fraction of sp³-hybridized carbons (Fsp3) is 0.688. The highest BCUT2D eigenvalue weighted by Gasteiger charge is 2.14. The summed E-state index contributed by atoms with van der Waals surface area (Å²) in [7, 11) is 2.13. The van der Waals surface area contributed by atoms with Gasteiger partial charge in [0.2, 0.25) is 0 Å². The highest BCUT2D eigenvalue weighted by atomic mass is 15.2. The van der Waals surface area contributed by atoms with Crippen molar-refractivity contribution in [2.24, 2.45) is 5.92 Å². The number of nitrogens with one attached hydrogen (secondary N) is 1. The number of aromatic nitrogens is 1. The molecule has 0 amide bonds. The molecule has 0 spiro atoms. The Bertz CT molecular complexity index is 382. The van der Waals surface area contributed by atoms with Gasteiger partial charge in [-0.2, -0.15) is 0 Å². The molecule has 0 saturated carbocycles. The second kappa shape index (κ2) is 6.90. The molecule has 1 unspecified atom stereocenters. The van der Waals surface area contributed by atoms with Gasteiger partial charge >= 0.3 is 0 Å². The van der Waals surface area contributed by atoms with Crippen molar-refractivity contribution in [2.75, 3.05) is 18.5 Å². The molecular formula is C16H29N3. The second-order valence-corrected chi connectivity index (χ2v) is 6.48. The number of anilines is 1. The first-order chi connectivity index (χ1) is 8.83. The summed E-state index contributed by atoms with van der Waals surface area (Å²) in [5, 5.41) is 3.53. The van der Waals surface area contributed by atoms with Crippen molar-refractivity contribution >= 4 is 5.82 Å². The van der Waals surface area contributed by atoms with Crippen LogP contribution in [-0.4, -0.2) is 24.1 Å². The normalized spacial score (nSPS) is 13.4. The van der Waals surface area contributed by atoms with Crippen LogP contribution in [0.3, 0.4) is 0 Å². The first kappa shape index (κ1) is 16.0. The van der Waals surface area contributed by atoms with Crippen LogP contribution in [0.15, 0.2) is 18.3 Å². The first-order valence-corrected chi connectivity index (χ1v) is 7.23. The van der Waals surface area contributed by atoms with Gasteiger partial charge in [-0.15, -0.1) is 0 Å². The van der Waals surface area contributed by atoms with Crippen molar-refractivity contribution in [1.82, 2.24) is 10.3 Å². The summed E-state index contributed by atoms with van der Waals surface area (Å²) >= 11 is 0. The van der Waals surface area contributed by atoms with E-state index in [2.05, 4.69) is 62.9 Å². The minimum atomic E-state index is 0.127. The summed E-state index contributed by atoms with van der Waals surface area (Å²) < 4.78 is 0. The maximum Gasteiger partial charge on any atom is 0.132 e. The lowest BCUT2D eigenvalue weighted by Gasteiger charge is -2.26. The Morgan fingerprint density at radius 2 is 2.05 bits per heavy atom. The Balaban J connectivity index is 2.77. The van der Waals surface area contributed by atoms with Crippen LogP contribution in [0.5, 0.6) is 0 Å². The summed E-state index contributed by atoms with van der Waals surface area (Å²) in [6.07, 6.45) is 3.08. The fourth-order valence-electron chi connectivity index (χ4n) is 1.96. The van der Waals surface area contributed by atoms with Crippen LogP contribution in [0.4, 0.5) is 5.82 Å². The number of hydrogen-bond donors (Lipinski definition) is 1. The molecule has 3 nitrogen and oxygen atoms in total. The maximum atomic E-state index is 4.55. The zero-order valence-electron chi connectivity index (χ0n) is 13.3. The van der Waals surface area contributed by atoms with Crippen LogP contribution in [0.25, 0.3) is 0 Å². The van der Waals surface area contributed by atoms with Gasteiger partial charge in [0.1, 0.15) is 5.82 Å². The van der Waals surface area contributed by atoms with Gasteiger partial charge in [0, 0.05) is 37.4 Å². The zero-order chi connectivity index (χ0) is 14.5. The topological polar surface area (TPSA) is 28.2 Å². The summed E-state index contributed by atoms with van der Waals surface area (Å²) in [6, 6.07) is 4.18. The monoisotopic (exact) mass is 263 g/mol. The molecule has 3 heteroatoms. The molecule has 0 aliphatic heterocycles. The molecule has 108 valence electrons. The molecule has 0 saturated heterocycles. The lowest BCUT2D eigenvalue weighted by molar-refractivity contribution is 0.424. The smallest absolute Gasteiger partial charge is 0.132 e. The quantitative estimate of drug-likeness (QED) is 0.852. The molecule has 1 rings (SSSR count). The highest BCUT2D eigenvalue weighted by Crippen LogP contribution is 2.18. The fourth-order valence-corrected chi connectivity index (χ4v) is 1.96. The Hall–Kier alpha value is -1.09. The number of rotatable bonds is 6. The maximum absolute atomic E-state index is 4.55. The summed E-state index contributed by atoms with van der Waals surface area (Å²) in [4.78, 5) is 6.82. The van der Waals surface area contributed by atoms with Gasteiger partial charge in [0.25, 0.3) is 0 Å². The van der Waals surface area contributed by atoms with Crippen molar-refractivity contribution in [3.63, 3.8) is 0 Å². The Kier molecular flexibility index (Phi) is 5.80. The Morgan fingerprint density at radius 3 is 2.63 bits per heavy atom. The SMILES string of the molecule is CCC(C)CN(C)c1ncccc1CNC(C)(C)C. The summed E-state index contributed by atoms with van der Waals surface area (Å²) in [5.41, 5.74) is 1.39. The molecule has 1 N–H and O–H groups in total. The van der Waals surface area contributed by atoms with Crippen LogP contribution in [0, 0.1) is 5.92 Å². The van der Waals surface area contributed by atoms with Gasteiger partial charge < -0.3 is 10.2 Å². The first-order valence-electron chi connectivity index (χ1n) is 7.23. The van der Waals surface area contributed by atoms with Crippen LogP contribution >= 0.6 is 0 Å². The van der Waals surface area contributed by atoms with Gasteiger partial charge in [0.05, 0.1) is 0 Å². The van der Waals surface area contributed by atoms with Crippen molar-refractivity contribution in [2.45, 2.75) is 53.1 Å². The van der Waals surface area contributed by atoms with Crippen molar-refractivity contribution in [3.8, 4) is 0 Å². The van der Waals surface area contributed by atoms with E-state index in [1.807, 2.05) is 12.3 Å². The predicted octanol–water partition coefficient (Wildman–Crippen LogP) is 3.45. The van der Waals surface area contributed by atoms with Crippen LogP contribution in [0.1, 0.15) is 46.6 Å². The predicted molar refractivity (Wildman–Crippen MR) is 83.6 cm³/mol. The molecule has 0 aromatic carbocycles. The van der Waals surface area contributed by atoms with E-state index in [-0.39, 0.29) is 5.54 Å². The molecule has 1 aromatic heterocycles. The van der Waals surface area contributed by atoms with E-state index in [9.17, 15) is 0 Å². The van der Waals surface area contributed by atoms with Crippen LogP contribution < -0.4 is 10.2 Å². The van der Waals surface area contributed by atoms with Gasteiger partial charge in [0.15, 0.2) is 0 Å². The Labute approximate surface area is 118 Å². The van der Waals surface area contributed by atoms with Crippen molar-refractivity contribution in [1.29, 1.82) is 0 Å². The number of nitrogens with zero attached hydrogens (tertiary/aromatic N) is 2. The molecular weight excluding hydrogens is 234 g/mol. The van der Waals surface area contributed by atoms with Crippen molar-refractivity contribution in [3.05, 3.63) is 23.9 Å². The largest absolute Gasteiger partial charge is 0.359 e. The van der Waals surface area contributed by atoms with E-state index < -0.39 is 0 Å². The minimum Gasteiger partial charge on any atom is -0.359 e.